The number of hydrogen-bond acceptors (Lipinski definition) is 5. The monoisotopic (exact) mass is 349 g/mol. The predicted molar refractivity (Wildman–Crippen MR) is 101 cm³/mol. The van der Waals surface area contributed by atoms with Crippen LogP contribution >= 0.6 is 0 Å². The van der Waals surface area contributed by atoms with E-state index in [0.29, 0.717) is 0 Å². The normalized spacial score (nSPS) is 13.0. The molecule has 1 N–H and O–H groups in total. The number of oxazole rings is 1. The van der Waals surface area contributed by atoms with E-state index in [9.17, 15) is 0 Å². The van der Waals surface area contributed by atoms with Crippen LogP contribution in [-0.2, 0) is 17.3 Å². The highest BCUT2D eigenvalue weighted by Gasteiger charge is 2.27. The van der Waals surface area contributed by atoms with Crippen LogP contribution < -0.4 is 0 Å². The summed E-state index contributed by atoms with van der Waals surface area (Å²) >= 11 is 0. The molecule has 0 spiro atoms. The van der Waals surface area contributed by atoms with Gasteiger partial charge in [-0.3, -0.25) is 9.97 Å². The van der Waals surface area contributed by atoms with Crippen molar-refractivity contribution >= 4 is 22.1 Å². The van der Waals surface area contributed by atoms with E-state index in [1.807, 2.05) is 12.1 Å². The van der Waals surface area contributed by atoms with E-state index in [2.05, 4.69) is 54.6 Å². The molecule has 0 aliphatic rings. The summed E-state index contributed by atoms with van der Waals surface area (Å²) in [6.45, 7) is 10.6. The third kappa shape index (κ3) is 2.96. The number of hydrogen-bond donors (Lipinski definition) is 1. The molecule has 0 amide bonds. The number of rotatable bonds is 3. The van der Waals surface area contributed by atoms with Crippen molar-refractivity contribution in [1.29, 1.82) is 0 Å². The molecule has 0 aliphatic heterocycles. The van der Waals surface area contributed by atoms with Crippen LogP contribution in [0.1, 0.15) is 52.0 Å². The summed E-state index contributed by atoms with van der Waals surface area (Å²) in [5.41, 5.74) is 4.09. The molecule has 134 valence electrons. The molecule has 0 atom stereocenters. The van der Waals surface area contributed by atoms with Crippen LogP contribution in [0.25, 0.3) is 22.1 Å². The zero-order chi connectivity index (χ0) is 18.5. The van der Waals surface area contributed by atoms with Gasteiger partial charge in [-0.25, -0.2) is 9.97 Å². The molecule has 4 heterocycles. The minimum absolute atomic E-state index is 0.124. The van der Waals surface area contributed by atoms with Crippen molar-refractivity contribution in [3.05, 3.63) is 48.1 Å². The summed E-state index contributed by atoms with van der Waals surface area (Å²) in [4.78, 5) is 21.4. The van der Waals surface area contributed by atoms with Crippen LogP contribution in [-0.4, -0.2) is 24.9 Å². The fourth-order valence-corrected chi connectivity index (χ4v) is 3.00. The standard InChI is InChI=1S/C20H23N5O/c1-19(2,3)18-25-15-11-22-12(8-16(15)26-18)9-20(4,5)17-23-13-6-7-21-10-14(13)24-17/h6-8,10-11H,9H2,1-5H3,(H,23,24). The van der Waals surface area contributed by atoms with Crippen LogP contribution in [0.2, 0.25) is 0 Å². The van der Waals surface area contributed by atoms with Crippen molar-refractivity contribution < 1.29 is 4.42 Å². The number of pyridine rings is 2. The second kappa shape index (κ2) is 5.62. The van der Waals surface area contributed by atoms with Crippen molar-refractivity contribution in [1.82, 2.24) is 24.9 Å². The van der Waals surface area contributed by atoms with E-state index in [1.165, 1.54) is 0 Å². The van der Waals surface area contributed by atoms with Gasteiger partial charge in [-0.2, -0.15) is 0 Å². The second-order valence-corrected chi connectivity index (χ2v) is 8.45. The minimum atomic E-state index is -0.202. The van der Waals surface area contributed by atoms with Gasteiger partial charge in [0.1, 0.15) is 16.9 Å². The number of aromatic nitrogens is 5. The summed E-state index contributed by atoms with van der Waals surface area (Å²) < 4.78 is 5.96. The maximum Gasteiger partial charge on any atom is 0.200 e. The average Bonchev–Trinajstić information content (AvgIpc) is 3.18. The van der Waals surface area contributed by atoms with Gasteiger partial charge in [-0.15, -0.1) is 0 Å². The molecule has 0 fully saturated rings. The zero-order valence-electron chi connectivity index (χ0n) is 15.8. The maximum absolute atomic E-state index is 5.96. The Morgan fingerprint density at radius 1 is 1.04 bits per heavy atom. The molecular weight excluding hydrogens is 326 g/mol. The van der Waals surface area contributed by atoms with Gasteiger partial charge in [0.2, 0.25) is 5.89 Å². The summed E-state index contributed by atoms with van der Waals surface area (Å²) in [5, 5.41) is 0. The van der Waals surface area contributed by atoms with Crippen molar-refractivity contribution in [3.63, 3.8) is 0 Å². The van der Waals surface area contributed by atoms with E-state index in [4.69, 9.17) is 9.40 Å². The Morgan fingerprint density at radius 3 is 2.58 bits per heavy atom. The Morgan fingerprint density at radius 2 is 1.85 bits per heavy atom. The third-order valence-electron chi connectivity index (χ3n) is 4.52. The van der Waals surface area contributed by atoms with Crippen molar-refractivity contribution in [2.75, 3.05) is 0 Å². The van der Waals surface area contributed by atoms with E-state index >= 15 is 0 Å². The number of fused-ring (bicyclic) bond motifs is 2. The molecule has 4 aromatic rings. The molecule has 26 heavy (non-hydrogen) atoms. The Labute approximate surface area is 152 Å². The van der Waals surface area contributed by atoms with Gasteiger partial charge in [-0.1, -0.05) is 34.6 Å². The van der Waals surface area contributed by atoms with Gasteiger partial charge in [-0.05, 0) is 6.07 Å². The molecule has 0 bridgehead atoms. The van der Waals surface area contributed by atoms with Gasteiger partial charge in [0.25, 0.3) is 0 Å². The van der Waals surface area contributed by atoms with E-state index in [0.717, 1.165) is 46.0 Å². The largest absolute Gasteiger partial charge is 0.440 e. The zero-order valence-corrected chi connectivity index (χ0v) is 15.8. The maximum atomic E-state index is 5.96. The van der Waals surface area contributed by atoms with Crippen molar-refractivity contribution in [2.45, 2.75) is 51.9 Å². The highest BCUT2D eigenvalue weighted by molar-refractivity contribution is 5.74. The molecule has 0 unspecified atom stereocenters. The van der Waals surface area contributed by atoms with Crippen LogP contribution in [0.3, 0.4) is 0 Å². The first-order chi connectivity index (χ1) is 12.2. The molecule has 4 aromatic heterocycles. The van der Waals surface area contributed by atoms with Gasteiger partial charge in [0.05, 0.1) is 17.9 Å². The lowest BCUT2D eigenvalue weighted by Crippen LogP contribution is -2.22. The quantitative estimate of drug-likeness (QED) is 0.596. The van der Waals surface area contributed by atoms with Crippen LogP contribution in [0.4, 0.5) is 0 Å². The van der Waals surface area contributed by atoms with Gasteiger partial charge < -0.3 is 9.40 Å². The lowest BCUT2D eigenvalue weighted by Gasteiger charge is -2.21. The van der Waals surface area contributed by atoms with Crippen molar-refractivity contribution in [3.8, 4) is 0 Å². The molecule has 4 rings (SSSR count). The first-order valence-corrected chi connectivity index (χ1v) is 8.78. The van der Waals surface area contributed by atoms with Gasteiger partial charge >= 0.3 is 0 Å². The summed E-state index contributed by atoms with van der Waals surface area (Å²) in [5.74, 6) is 1.66. The molecule has 6 nitrogen and oxygen atoms in total. The summed E-state index contributed by atoms with van der Waals surface area (Å²) in [6, 6.07) is 3.93. The third-order valence-corrected chi connectivity index (χ3v) is 4.52. The molecule has 6 heteroatoms. The predicted octanol–water partition coefficient (Wildman–Crippen LogP) is 4.31. The average molecular weight is 349 g/mol. The topological polar surface area (TPSA) is 80.5 Å². The van der Waals surface area contributed by atoms with Crippen LogP contribution in [0.5, 0.6) is 0 Å². The van der Waals surface area contributed by atoms with Gasteiger partial charge in [0, 0.05) is 35.2 Å². The number of nitrogens with one attached hydrogen (secondary N) is 1. The Hall–Kier alpha value is -2.76. The van der Waals surface area contributed by atoms with E-state index in [1.54, 1.807) is 18.6 Å². The Balaban J connectivity index is 1.66. The Bertz CT molecular complexity index is 1050. The second-order valence-electron chi connectivity index (χ2n) is 8.45. The Kier molecular flexibility index (Phi) is 3.61. The smallest absolute Gasteiger partial charge is 0.200 e. The fraction of sp³-hybridized carbons (Fsp3) is 0.400. The van der Waals surface area contributed by atoms with E-state index in [-0.39, 0.29) is 10.8 Å². The lowest BCUT2D eigenvalue weighted by molar-refractivity contribution is 0.410. The summed E-state index contributed by atoms with van der Waals surface area (Å²) in [7, 11) is 0. The molecule has 0 aliphatic carbocycles. The number of imidazole rings is 1. The SMILES string of the molecule is CC(C)(C)c1nc2cnc(CC(C)(C)c3nc4cnccc4[nH]3)cc2o1. The molecule has 0 saturated carbocycles. The number of nitrogens with zero attached hydrogens (tertiary/aromatic N) is 4. The van der Waals surface area contributed by atoms with Crippen LogP contribution in [0, 0.1) is 0 Å². The van der Waals surface area contributed by atoms with Crippen molar-refractivity contribution in [2.24, 2.45) is 0 Å². The number of H-pyrrole nitrogens is 1. The molecule has 0 radical (unpaired) electrons. The highest BCUT2D eigenvalue weighted by atomic mass is 16.3. The fourth-order valence-electron chi connectivity index (χ4n) is 3.00. The molecule has 0 aromatic carbocycles. The lowest BCUT2D eigenvalue weighted by atomic mass is 9.87. The molecule has 0 saturated heterocycles. The number of aromatic amines is 1. The van der Waals surface area contributed by atoms with Crippen LogP contribution in [0.15, 0.2) is 35.1 Å². The van der Waals surface area contributed by atoms with Gasteiger partial charge in [0.15, 0.2) is 5.58 Å². The highest BCUT2D eigenvalue weighted by Crippen LogP contribution is 2.29. The first-order valence-electron chi connectivity index (χ1n) is 8.78. The summed E-state index contributed by atoms with van der Waals surface area (Å²) in [6.07, 6.45) is 6.07. The van der Waals surface area contributed by atoms with E-state index < -0.39 is 0 Å². The molecular formula is C20H23N5O. The first kappa shape index (κ1) is 16.7. The minimum Gasteiger partial charge on any atom is -0.440 e.